The predicted octanol–water partition coefficient (Wildman–Crippen LogP) is 2.65. The first-order chi connectivity index (χ1) is 8.86. The van der Waals surface area contributed by atoms with E-state index in [0.717, 1.165) is 13.1 Å². The van der Waals surface area contributed by atoms with Crippen molar-refractivity contribution in [1.29, 1.82) is 0 Å². The van der Waals surface area contributed by atoms with Crippen LogP contribution in [-0.2, 0) is 13.1 Å². The molecule has 0 fully saturated rings. The molecule has 0 amide bonds. The van der Waals surface area contributed by atoms with Crippen LogP contribution in [-0.4, -0.2) is 29.5 Å². The van der Waals surface area contributed by atoms with E-state index in [9.17, 15) is 0 Å². The van der Waals surface area contributed by atoms with Crippen molar-refractivity contribution in [2.45, 2.75) is 54.6 Å². The molecule has 0 aliphatic heterocycles. The Morgan fingerprint density at radius 3 is 1.17 bits per heavy atom. The van der Waals surface area contributed by atoms with E-state index in [-0.39, 0.29) is 0 Å². The molecule has 0 saturated heterocycles. The molecule has 0 radical (unpaired) electrons. The summed E-state index contributed by atoms with van der Waals surface area (Å²) in [5, 5.41) is 7.68. The Hall–Kier alpha value is -1.72. The van der Waals surface area contributed by atoms with Crippen molar-refractivity contribution >= 4 is 0 Å². The molecule has 0 N–H and O–H groups in total. The van der Waals surface area contributed by atoms with Crippen LogP contribution in [0.4, 0.5) is 0 Å². The zero-order chi connectivity index (χ0) is 14.2. The van der Waals surface area contributed by atoms with Crippen molar-refractivity contribution in [3.8, 4) is 0 Å². The van der Waals surface area contributed by atoms with E-state index < -0.39 is 0 Å². The molecule has 0 aliphatic carbocycles. The van der Waals surface area contributed by atoms with Crippen molar-refractivity contribution < 1.29 is 0 Å². The second-order valence-electron chi connectivity index (χ2n) is 2.50. The average molecular weight is 254 g/mol. The molecule has 0 aromatic carbocycles. The molecule has 6 heteroatoms. The lowest BCUT2D eigenvalue weighted by atomic mass is 10.8. The van der Waals surface area contributed by atoms with E-state index in [4.69, 9.17) is 0 Å². The maximum Gasteiger partial charge on any atom is 0.137 e. The molecule has 0 atom stereocenters. The number of rotatable bonds is 2. The topological polar surface area (TPSA) is 61.4 Å². The number of nitrogens with zero attached hydrogens (tertiary/aromatic N) is 6. The molecule has 2 rings (SSSR count). The van der Waals surface area contributed by atoms with Crippen LogP contribution in [0.3, 0.4) is 0 Å². The predicted molar refractivity (Wildman–Crippen MR) is 74.1 cm³/mol. The summed E-state index contributed by atoms with van der Waals surface area (Å²) in [7, 11) is 0. The van der Waals surface area contributed by atoms with E-state index in [1.807, 2.05) is 41.5 Å². The highest BCUT2D eigenvalue weighted by Crippen LogP contribution is 1.75. The largest absolute Gasteiger partial charge is 0.253 e. The maximum atomic E-state index is 3.84. The summed E-state index contributed by atoms with van der Waals surface area (Å²) in [6.45, 7) is 13.9. The smallest absolute Gasteiger partial charge is 0.137 e. The fourth-order valence-corrected chi connectivity index (χ4v) is 0.792. The molecule has 0 bridgehead atoms. The van der Waals surface area contributed by atoms with Crippen LogP contribution >= 0.6 is 0 Å². The summed E-state index contributed by atoms with van der Waals surface area (Å²) in [5.41, 5.74) is 0. The molecule has 2 aromatic rings. The van der Waals surface area contributed by atoms with E-state index >= 15 is 0 Å². The summed E-state index contributed by atoms with van der Waals surface area (Å²) in [6, 6.07) is 0. The van der Waals surface area contributed by atoms with Gasteiger partial charge in [0, 0.05) is 13.1 Å². The second kappa shape index (κ2) is 15.3. The molecule has 0 aliphatic rings. The first-order valence-electron chi connectivity index (χ1n) is 6.51. The zero-order valence-electron chi connectivity index (χ0n) is 12.4. The fraction of sp³-hybridized carbons (Fsp3) is 0.667. The molecule has 0 unspecified atom stereocenters. The van der Waals surface area contributed by atoms with Crippen LogP contribution in [0, 0.1) is 0 Å². The van der Waals surface area contributed by atoms with Gasteiger partial charge in [0.25, 0.3) is 0 Å². The number of hydrogen-bond acceptors (Lipinski definition) is 4. The molecule has 0 saturated carbocycles. The Balaban J connectivity index is 0. The lowest BCUT2D eigenvalue weighted by molar-refractivity contribution is 0.658. The van der Waals surface area contributed by atoms with Gasteiger partial charge in [0.1, 0.15) is 25.3 Å². The highest BCUT2D eigenvalue weighted by atomic mass is 15.3. The molecular formula is C12H26N6. The highest BCUT2D eigenvalue weighted by Gasteiger charge is 1.79. The lowest BCUT2D eigenvalue weighted by Crippen LogP contribution is -1.91. The van der Waals surface area contributed by atoms with Crippen molar-refractivity contribution in [3.63, 3.8) is 0 Å². The van der Waals surface area contributed by atoms with Crippen molar-refractivity contribution in [2.24, 2.45) is 0 Å². The summed E-state index contributed by atoms with van der Waals surface area (Å²) in [4.78, 5) is 7.49. The first kappa shape index (κ1) is 18.6. The normalized spacial score (nSPS) is 7.89. The van der Waals surface area contributed by atoms with E-state index in [2.05, 4.69) is 20.2 Å². The van der Waals surface area contributed by atoms with Crippen LogP contribution < -0.4 is 0 Å². The minimum Gasteiger partial charge on any atom is -0.253 e. The lowest BCUT2D eigenvalue weighted by Gasteiger charge is -1.85. The van der Waals surface area contributed by atoms with Gasteiger partial charge in [0.05, 0.1) is 0 Å². The molecule has 104 valence electrons. The van der Waals surface area contributed by atoms with Crippen molar-refractivity contribution in [1.82, 2.24) is 29.5 Å². The van der Waals surface area contributed by atoms with Gasteiger partial charge in [-0.1, -0.05) is 27.7 Å². The summed E-state index contributed by atoms with van der Waals surface area (Å²) in [5.74, 6) is 0. The van der Waals surface area contributed by atoms with Gasteiger partial charge in [-0.15, -0.1) is 0 Å². The Bertz CT molecular complexity index is 280. The van der Waals surface area contributed by atoms with Crippen LogP contribution in [0.2, 0.25) is 0 Å². The van der Waals surface area contributed by atoms with Gasteiger partial charge < -0.3 is 0 Å². The van der Waals surface area contributed by atoms with Gasteiger partial charge in [-0.25, -0.2) is 9.97 Å². The molecule has 6 nitrogen and oxygen atoms in total. The monoisotopic (exact) mass is 254 g/mol. The third-order valence-electron chi connectivity index (χ3n) is 1.58. The number of aromatic nitrogens is 6. The first-order valence-corrected chi connectivity index (χ1v) is 6.51. The van der Waals surface area contributed by atoms with Gasteiger partial charge >= 0.3 is 0 Å². The Labute approximate surface area is 110 Å². The Morgan fingerprint density at radius 1 is 0.722 bits per heavy atom. The van der Waals surface area contributed by atoms with Crippen molar-refractivity contribution in [2.75, 3.05) is 0 Å². The van der Waals surface area contributed by atoms with Crippen LogP contribution in [0.15, 0.2) is 25.3 Å². The minimum absolute atomic E-state index is 0.903. The van der Waals surface area contributed by atoms with Crippen LogP contribution in [0.25, 0.3) is 0 Å². The van der Waals surface area contributed by atoms with Gasteiger partial charge in [-0.3, -0.25) is 9.36 Å². The molecule has 0 spiro atoms. The summed E-state index contributed by atoms with van der Waals surface area (Å²) < 4.78 is 3.53. The van der Waals surface area contributed by atoms with Gasteiger partial charge in [-0.2, -0.15) is 10.2 Å². The molecule has 2 aromatic heterocycles. The third kappa shape index (κ3) is 9.50. The minimum atomic E-state index is 0.903. The molecule has 18 heavy (non-hydrogen) atoms. The average Bonchev–Trinajstić information content (AvgIpc) is 3.17. The Morgan fingerprint density at radius 2 is 1.06 bits per heavy atom. The summed E-state index contributed by atoms with van der Waals surface area (Å²) >= 11 is 0. The van der Waals surface area contributed by atoms with E-state index in [0.29, 0.717) is 0 Å². The van der Waals surface area contributed by atoms with Gasteiger partial charge in [-0.05, 0) is 13.8 Å². The SMILES string of the molecule is CC.CC.CCn1cncn1.CCn1cncn1. The zero-order valence-corrected chi connectivity index (χ0v) is 12.4. The third-order valence-corrected chi connectivity index (χ3v) is 1.58. The van der Waals surface area contributed by atoms with E-state index in [1.54, 1.807) is 22.0 Å². The van der Waals surface area contributed by atoms with Crippen LogP contribution in [0.5, 0.6) is 0 Å². The highest BCUT2D eigenvalue weighted by molar-refractivity contribution is 4.53. The van der Waals surface area contributed by atoms with Gasteiger partial charge in [0.2, 0.25) is 0 Å². The summed E-state index contributed by atoms with van der Waals surface area (Å²) in [6.07, 6.45) is 6.45. The second-order valence-corrected chi connectivity index (χ2v) is 2.50. The molecular weight excluding hydrogens is 228 g/mol. The Kier molecular flexibility index (Phi) is 15.8. The maximum absolute atomic E-state index is 3.84. The van der Waals surface area contributed by atoms with E-state index in [1.165, 1.54) is 12.7 Å². The van der Waals surface area contributed by atoms with Crippen LogP contribution in [0.1, 0.15) is 41.5 Å². The standard InChI is InChI=1S/2C4H7N3.2C2H6/c2*1-2-7-4-5-3-6-7;2*1-2/h2*3-4H,2H2,1H3;2*1-2H3. The number of aryl methyl sites for hydroxylation is 2. The number of hydrogen-bond donors (Lipinski definition) is 0. The quantitative estimate of drug-likeness (QED) is 0.826. The van der Waals surface area contributed by atoms with Gasteiger partial charge in [0.15, 0.2) is 0 Å². The van der Waals surface area contributed by atoms with Crippen molar-refractivity contribution in [3.05, 3.63) is 25.3 Å². The fourth-order valence-electron chi connectivity index (χ4n) is 0.792. The molecule has 2 heterocycles.